The van der Waals surface area contributed by atoms with E-state index in [1.807, 2.05) is 72.8 Å². The smallest absolute Gasteiger partial charge is 0.189 e. The summed E-state index contributed by atoms with van der Waals surface area (Å²) in [5.74, 6) is 0. The molecular formula is C45H25N5. The summed E-state index contributed by atoms with van der Waals surface area (Å²) in [6, 6.07) is 53.6. The number of aromatic nitrogens is 2. The molecule has 5 nitrogen and oxygen atoms in total. The summed E-state index contributed by atoms with van der Waals surface area (Å²) in [6.45, 7) is 15.4. The van der Waals surface area contributed by atoms with Crippen LogP contribution >= 0.6 is 0 Å². The number of para-hydroxylation sites is 2. The molecule has 0 N–H and O–H groups in total. The standard InChI is InChI=1S/C45H25N5/c1-47-33-20-23-44-40(26-33)38-11-4-6-13-42(38)50(44)45-27-34(48-2)19-21-36(45)31-17-15-30(16-18-31)32-8-7-9-35(25-32)49-41-12-5-3-10-37(41)39-24-29(28-46)14-22-43(39)49/h3-27H. The zero-order valence-corrected chi connectivity index (χ0v) is 26.7. The van der Waals surface area contributed by atoms with Gasteiger partial charge >= 0.3 is 0 Å². The van der Waals surface area contributed by atoms with Gasteiger partial charge in [0.15, 0.2) is 11.4 Å². The molecule has 0 amide bonds. The molecule has 2 heterocycles. The van der Waals surface area contributed by atoms with Crippen LogP contribution in [0.1, 0.15) is 5.56 Å². The molecule has 0 fully saturated rings. The van der Waals surface area contributed by atoms with Crippen LogP contribution in [0, 0.1) is 24.5 Å². The lowest BCUT2D eigenvalue weighted by Crippen LogP contribution is -1.97. The van der Waals surface area contributed by atoms with E-state index < -0.39 is 0 Å². The summed E-state index contributed by atoms with van der Waals surface area (Å²) in [6.07, 6.45) is 0. The Morgan fingerprint density at radius 2 is 1.06 bits per heavy atom. The highest BCUT2D eigenvalue weighted by molar-refractivity contribution is 6.11. The van der Waals surface area contributed by atoms with E-state index >= 15 is 0 Å². The number of hydrogen-bond acceptors (Lipinski definition) is 1. The van der Waals surface area contributed by atoms with Crippen LogP contribution in [0.2, 0.25) is 0 Å². The van der Waals surface area contributed by atoms with Crippen molar-refractivity contribution in [2.24, 2.45) is 0 Å². The zero-order chi connectivity index (χ0) is 33.8. The van der Waals surface area contributed by atoms with Gasteiger partial charge in [0.05, 0.1) is 46.8 Å². The molecule has 0 spiro atoms. The van der Waals surface area contributed by atoms with Gasteiger partial charge in [-0.2, -0.15) is 5.26 Å². The molecule has 0 aliphatic rings. The van der Waals surface area contributed by atoms with Gasteiger partial charge in [-0.15, -0.1) is 0 Å². The molecule has 0 saturated heterocycles. The molecule has 50 heavy (non-hydrogen) atoms. The van der Waals surface area contributed by atoms with E-state index in [4.69, 9.17) is 13.1 Å². The van der Waals surface area contributed by atoms with E-state index in [-0.39, 0.29) is 0 Å². The Bertz CT molecular complexity index is 2960. The minimum absolute atomic E-state index is 0.565. The molecule has 0 unspecified atom stereocenters. The number of hydrogen-bond donors (Lipinski definition) is 0. The second kappa shape index (κ2) is 11.4. The second-order valence-corrected chi connectivity index (χ2v) is 12.3. The van der Waals surface area contributed by atoms with Crippen LogP contribution in [0.25, 0.3) is 86.9 Å². The first kappa shape index (κ1) is 28.8. The molecule has 5 heteroatoms. The van der Waals surface area contributed by atoms with Crippen LogP contribution in [0.15, 0.2) is 152 Å². The minimum Gasteiger partial charge on any atom is -0.310 e. The van der Waals surface area contributed by atoms with Crippen molar-refractivity contribution in [2.75, 3.05) is 0 Å². The average Bonchev–Trinajstić information content (AvgIpc) is 3.69. The van der Waals surface area contributed by atoms with Crippen molar-refractivity contribution in [1.82, 2.24) is 9.13 Å². The molecule has 0 bridgehead atoms. The maximum absolute atomic E-state index is 9.56. The van der Waals surface area contributed by atoms with E-state index in [1.165, 1.54) is 0 Å². The first-order valence-electron chi connectivity index (χ1n) is 16.2. The molecule has 2 aromatic heterocycles. The molecule has 9 aromatic rings. The van der Waals surface area contributed by atoms with Gasteiger partial charge in [-0.25, -0.2) is 9.69 Å². The first-order valence-corrected chi connectivity index (χ1v) is 16.2. The molecule has 0 saturated carbocycles. The lowest BCUT2D eigenvalue weighted by Gasteiger charge is -2.15. The largest absolute Gasteiger partial charge is 0.310 e. The second-order valence-electron chi connectivity index (χ2n) is 12.3. The highest BCUT2D eigenvalue weighted by Crippen LogP contribution is 2.40. The van der Waals surface area contributed by atoms with Crippen molar-refractivity contribution in [1.29, 1.82) is 5.26 Å². The van der Waals surface area contributed by atoms with Crippen molar-refractivity contribution in [3.05, 3.63) is 180 Å². The van der Waals surface area contributed by atoms with E-state index in [2.05, 4.69) is 104 Å². The SMILES string of the molecule is [C-]#[N+]c1ccc(-c2ccc(-c3cccc(-n4c5ccccc5c5cc(C#N)ccc54)c3)cc2)c(-n2c3ccccc3c3cc([N+]#[C-])ccc32)c1. The Morgan fingerprint density at radius 1 is 0.460 bits per heavy atom. The van der Waals surface area contributed by atoms with Crippen LogP contribution in [0.3, 0.4) is 0 Å². The quantitative estimate of drug-likeness (QED) is 0.177. The molecule has 0 radical (unpaired) electrons. The normalized spacial score (nSPS) is 11.1. The fourth-order valence-corrected chi connectivity index (χ4v) is 7.30. The zero-order valence-electron chi connectivity index (χ0n) is 26.7. The maximum atomic E-state index is 9.56. The highest BCUT2D eigenvalue weighted by Gasteiger charge is 2.17. The molecular weight excluding hydrogens is 611 g/mol. The molecule has 0 aliphatic carbocycles. The number of fused-ring (bicyclic) bond motifs is 6. The van der Waals surface area contributed by atoms with Gasteiger partial charge in [0.25, 0.3) is 0 Å². The third kappa shape index (κ3) is 4.45. The van der Waals surface area contributed by atoms with Crippen LogP contribution < -0.4 is 0 Å². The summed E-state index contributed by atoms with van der Waals surface area (Å²) in [5, 5.41) is 13.8. The van der Waals surface area contributed by atoms with E-state index in [0.717, 1.165) is 77.2 Å². The monoisotopic (exact) mass is 635 g/mol. The molecule has 230 valence electrons. The van der Waals surface area contributed by atoms with Gasteiger partial charge in [0, 0.05) is 33.1 Å². The summed E-state index contributed by atoms with van der Waals surface area (Å²) >= 11 is 0. The number of rotatable bonds is 4. The van der Waals surface area contributed by atoms with E-state index in [0.29, 0.717) is 16.9 Å². The van der Waals surface area contributed by atoms with Gasteiger partial charge in [-0.1, -0.05) is 91.0 Å². The Morgan fingerprint density at radius 3 is 1.80 bits per heavy atom. The first-order chi connectivity index (χ1) is 24.6. The average molecular weight is 636 g/mol. The molecule has 7 aromatic carbocycles. The summed E-state index contributed by atoms with van der Waals surface area (Å²) in [7, 11) is 0. The van der Waals surface area contributed by atoms with E-state index in [1.54, 1.807) is 0 Å². The number of nitriles is 1. The minimum atomic E-state index is 0.565. The van der Waals surface area contributed by atoms with Crippen molar-refractivity contribution in [2.45, 2.75) is 0 Å². The molecule has 0 atom stereocenters. The van der Waals surface area contributed by atoms with Crippen LogP contribution in [0.4, 0.5) is 11.4 Å². The number of nitrogens with zero attached hydrogens (tertiary/aromatic N) is 5. The van der Waals surface area contributed by atoms with E-state index in [9.17, 15) is 5.26 Å². The lowest BCUT2D eigenvalue weighted by molar-refractivity contribution is 1.18. The van der Waals surface area contributed by atoms with Gasteiger partial charge in [-0.05, 0) is 82.7 Å². The van der Waals surface area contributed by atoms with Crippen molar-refractivity contribution in [3.8, 4) is 39.7 Å². The molecule has 0 aliphatic heterocycles. The Kier molecular flexibility index (Phi) is 6.56. The van der Waals surface area contributed by atoms with Crippen molar-refractivity contribution in [3.63, 3.8) is 0 Å². The summed E-state index contributed by atoms with van der Waals surface area (Å²) in [5.41, 5.74) is 12.2. The van der Waals surface area contributed by atoms with Crippen LogP contribution in [-0.4, -0.2) is 9.13 Å². The highest BCUT2D eigenvalue weighted by atomic mass is 15.0. The Balaban J connectivity index is 1.16. The predicted octanol–water partition coefficient (Wildman–Crippen LogP) is 12.2. The summed E-state index contributed by atoms with van der Waals surface area (Å²) in [4.78, 5) is 7.45. The fraction of sp³-hybridized carbons (Fsp3) is 0. The van der Waals surface area contributed by atoms with Crippen LogP contribution in [-0.2, 0) is 0 Å². The topological polar surface area (TPSA) is 42.4 Å². The lowest BCUT2D eigenvalue weighted by atomic mass is 9.98. The Labute approximate surface area is 288 Å². The number of benzene rings is 7. The molecule has 9 rings (SSSR count). The van der Waals surface area contributed by atoms with Gasteiger partial charge < -0.3 is 9.13 Å². The van der Waals surface area contributed by atoms with Gasteiger partial charge in [-0.3, -0.25) is 0 Å². The third-order valence-corrected chi connectivity index (χ3v) is 9.57. The maximum Gasteiger partial charge on any atom is 0.189 e. The van der Waals surface area contributed by atoms with Gasteiger partial charge in [0.2, 0.25) is 0 Å². The van der Waals surface area contributed by atoms with Gasteiger partial charge in [0.1, 0.15) is 0 Å². The Hall–Kier alpha value is -7.39. The predicted molar refractivity (Wildman–Crippen MR) is 203 cm³/mol. The third-order valence-electron chi connectivity index (χ3n) is 9.57. The summed E-state index contributed by atoms with van der Waals surface area (Å²) < 4.78 is 4.48. The fourth-order valence-electron chi connectivity index (χ4n) is 7.30. The van der Waals surface area contributed by atoms with Crippen molar-refractivity contribution < 1.29 is 0 Å². The van der Waals surface area contributed by atoms with Crippen molar-refractivity contribution >= 4 is 55.0 Å². The van der Waals surface area contributed by atoms with Crippen LogP contribution in [0.5, 0.6) is 0 Å².